The van der Waals surface area contributed by atoms with E-state index in [1.165, 1.54) is 23.9 Å². The highest BCUT2D eigenvalue weighted by molar-refractivity contribution is 7.00. The van der Waals surface area contributed by atoms with Crippen LogP contribution in [0.4, 0.5) is 4.39 Å². The number of benzene rings is 2. The Bertz CT molecular complexity index is 1030. The van der Waals surface area contributed by atoms with Crippen LogP contribution in [0.5, 0.6) is 0 Å². The van der Waals surface area contributed by atoms with E-state index in [9.17, 15) is 9.18 Å². The van der Waals surface area contributed by atoms with Gasteiger partial charge in [0.1, 0.15) is 16.9 Å². The van der Waals surface area contributed by atoms with E-state index >= 15 is 0 Å². The summed E-state index contributed by atoms with van der Waals surface area (Å²) in [7, 11) is 0. The van der Waals surface area contributed by atoms with Gasteiger partial charge >= 0.3 is 0 Å². The second-order valence-corrected chi connectivity index (χ2v) is 8.12. The number of hydrogen-bond donors (Lipinski definition) is 0. The zero-order valence-corrected chi connectivity index (χ0v) is 17.3. The van der Waals surface area contributed by atoms with E-state index in [0.29, 0.717) is 6.54 Å². The first-order valence-electron chi connectivity index (χ1n) is 9.69. The molecule has 2 heterocycles. The van der Waals surface area contributed by atoms with Crippen molar-refractivity contribution in [3.63, 3.8) is 0 Å². The topological polar surface area (TPSA) is 49.3 Å². The van der Waals surface area contributed by atoms with Crippen LogP contribution in [0.25, 0.3) is 17.1 Å². The van der Waals surface area contributed by atoms with E-state index in [0.717, 1.165) is 35.2 Å². The van der Waals surface area contributed by atoms with E-state index in [1.807, 2.05) is 41.3 Å². The number of nitrogens with zero attached hydrogens (tertiary/aromatic N) is 4. The summed E-state index contributed by atoms with van der Waals surface area (Å²) in [4.78, 5) is 17.1. The van der Waals surface area contributed by atoms with Gasteiger partial charge in [-0.15, -0.1) is 0 Å². The lowest BCUT2D eigenvalue weighted by Gasteiger charge is -2.44. The minimum Gasteiger partial charge on any atom is -0.334 e. The molecule has 3 aromatic rings. The summed E-state index contributed by atoms with van der Waals surface area (Å²) >= 11 is 1.19. The first-order chi connectivity index (χ1) is 14.0. The van der Waals surface area contributed by atoms with Crippen molar-refractivity contribution < 1.29 is 9.18 Å². The molecular weight excluding hydrogens is 387 g/mol. The van der Waals surface area contributed by atoms with E-state index in [-0.39, 0.29) is 23.8 Å². The van der Waals surface area contributed by atoms with Crippen LogP contribution >= 0.6 is 11.7 Å². The number of piperazine rings is 1. The van der Waals surface area contributed by atoms with Crippen LogP contribution in [-0.2, 0) is 11.3 Å². The smallest absolute Gasteiger partial charge is 0.246 e. The maximum Gasteiger partial charge on any atom is 0.246 e. The van der Waals surface area contributed by atoms with Crippen molar-refractivity contribution in [2.24, 2.45) is 0 Å². The Morgan fingerprint density at radius 1 is 1.10 bits per heavy atom. The van der Waals surface area contributed by atoms with Gasteiger partial charge < -0.3 is 4.90 Å². The third kappa shape index (κ3) is 4.52. The van der Waals surface area contributed by atoms with Crippen LogP contribution in [0.1, 0.15) is 25.0 Å². The molecule has 2 aromatic carbocycles. The SMILES string of the molecule is C[C@@H]1CN(C(=O)C=Cc2ccc3nsnc3c2)[C@@H](C)CN1Cc1ccc(F)cc1. The number of amides is 1. The summed E-state index contributed by atoms with van der Waals surface area (Å²) in [6.45, 7) is 6.41. The third-order valence-corrected chi connectivity index (χ3v) is 5.95. The lowest BCUT2D eigenvalue weighted by Crippen LogP contribution is -2.57. The molecule has 0 unspecified atom stereocenters. The number of fused-ring (bicyclic) bond motifs is 1. The summed E-state index contributed by atoms with van der Waals surface area (Å²) in [6.07, 6.45) is 3.48. The number of halogens is 1. The van der Waals surface area contributed by atoms with Crippen LogP contribution in [0.2, 0.25) is 0 Å². The van der Waals surface area contributed by atoms with Crippen LogP contribution in [0.3, 0.4) is 0 Å². The van der Waals surface area contributed by atoms with Crippen molar-refractivity contribution >= 4 is 34.7 Å². The predicted molar refractivity (Wildman–Crippen MR) is 114 cm³/mol. The summed E-state index contributed by atoms with van der Waals surface area (Å²) in [6, 6.07) is 12.8. The average molecular weight is 411 g/mol. The van der Waals surface area contributed by atoms with Gasteiger partial charge in [0.15, 0.2) is 0 Å². The Balaban J connectivity index is 1.39. The summed E-state index contributed by atoms with van der Waals surface area (Å²) in [5.41, 5.74) is 3.74. The fourth-order valence-corrected chi connectivity index (χ4v) is 4.23. The molecule has 1 saturated heterocycles. The molecule has 0 bridgehead atoms. The van der Waals surface area contributed by atoms with E-state index in [4.69, 9.17) is 0 Å². The molecule has 7 heteroatoms. The van der Waals surface area contributed by atoms with Crippen molar-refractivity contribution in [2.75, 3.05) is 13.1 Å². The van der Waals surface area contributed by atoms with Crippen molar-refractivity contribution in [3.8, 4) is 0 Å². The lowest BCUT2D eigenvalue weighted by molar-refractivity contribution is -0.131. The van der Waals surface area contributed by atoms with E-state index in [2.05, 4.69) is 27.5 Å². The van der Waals surface area contributed by atoms with Gasteiger partial charge in [-0.1, -0.05) is 18.2 Å². The third-order valence-electron chi connectivity index (χ3n) is 5.39. The number of hydrogen-bond acceptors (Lipinski definition) is 5. The molecule has 0 saturated carbocycles. The van der Waals surface area contributed by atoms with E-state index < -0.39 is 0 Å². The van der Waals surface area contributed by atoms with Gasteiger partial charge in [-0.2, -0.15) is 8.75 Å². The van der Waals surface area contributed by atoms with Crippen molar-refractivity contribution in [2.45, 2.75) is 32.5 Å². The molecule has 0 radical (unpaired) electrons. The maximum atomic E-state index is 13.1. The molecule has 1 amide bonds. The minimum absolute atomic E-state index is 0.0160. The van der Waals surface area contributed by atoms with Gasteiger partial charge in [0, 0.05) is 37.8 Å². The number of carbonyl (C=O) groups is 1. The largest absolute Gasteiger partial charge is 0.334 e. The minimum atomic E-state index is -0.220. The van der Waals surface area contributed by atoms with Crippen LogP contribution in [0, 0.1) is 5.82 Å². The Morgan fingerprint density at radius 2 is 1.86 bits per heavy atom. The molecule has 2 atom stereocenters. The van der Waals surface area contributed by atoms with Crippen LogP contribution < -0.4 is 0 Å². The van der Waals surface area contributed by atoms with Gasteiger partial charge in [-0.05, 0) is 55.3 Å². The maximum absolute atomic E-state index is 13.1. The first kappa shape index (κ1) is 19.7. The van der Waals surface area contributed by atoms with Gasteiger partial charge in [0.25, 0.3) is 0 Å². The molecule has 0 N–H and O–H groups in total. The summed E-state index contributed by atoms with van der Waals surface area (Å²) < 4.78 is 21.6. The standard InChI is InChI=1S/C22H23FN4OS/c1-15-13-27(16(2)12-26(15)14-18-3-7-19(23)8-4-18)22(28)10-6-17-5-9-20-21(11-17)25-29-24-20/h3-11,15-16H,12-14H2,1-2H3/t15-,16+/m1/s1. The normalized spacial score (nSPS) is 20.6. The molecular formula is C22H23FN4OS. The molecule has 150 valence electrons. The molecule has 1 aromatic heterocycles. The number of carbonyl (C=O) groups excluding carboxylic acids is 1. The summed E-state index contributed by atoms with van der Waals surface area (Å²) in [5, 5.41) is 0. The molecule has 1 fully saturated rings. The first-order valence-corrected chi connectivity index (χ1v) is 10.4. The molecule has 29 heavy (non-hydrogen) atoms. The van der Waals surface area contributed by atoms with Gasteiger partial charge in [-0.25, -0.2) is 4.39 Å². The molecule has 5 nitrogen and oxygen atoms in total. The Kier molecular flexibility index (Phi) is 5.69. The van der Waals surface area contributed by atoms with Gasteiger partial charge in [-0.3, -0.25) is 9.69 Å². The molecule has 0 aliphatic carbocycles. The number of rotatable bonds is 4. The van der Waals surface area contributed by atoms with Crippen molar-refractivity contribution in [1.82, 2.24) is 18.5 Å². The Morgan fingerprint density at radius 3 is 2.66 bits per heavy atom. The Labute approximate surface area is 173 Å². The highest BCUT2D eigenvalue weighted by Crippen LogP contribution is 2.20. The molecule has 1 aliphatic rings. The highest BCUT2D eigenvalue weighted by atomic mass is 32.1. The second-order valence-electron chi connectivity index (χ2n) is 7.59. The quantitative estimate of drug-likeness (QED) is 0.611. The molecule has 4 rings (SSSR count). The highest BCUT2D eigenvalue weighted by Gasteiger charge is 2.30. The fraction of sp³-hybridized carbons (Fsp3) is 0.318. The van der Waals surface area contributed by atoms with Crippen LogP contribution in [0.15, 0.2) is 48.5 Å². The van der Waals surface area contributed by atoms with Crippen LogP contribution in [-0.4, -0.2) is 49.6 Å². The summed E-state index contributed by atoms with van der Waals surface area (Å²) in [5.74, 6) is -0.204. The zero-order chi connectivity index (χ0) is 20.4. The molecule has 0 spiro atoms. The Hall–Kier alpha value is -2.64. The monoisotopic (exact) mass is 410 g/mol. The predicted octanol–water partition coefficient (Wildman–Crippen LogP) is 3.97. The molecule has 1 aliphatic heterocycles. The second kappa shape index (κ2) is 8.39. The fourth-order valence-electron chi connectivity index (χ4n) is 3.72. The van der Waals surface area contributed by atoms with Crippen molar-refractivity contribution in [3.05, 3.63) is 65.5 Å². The average Bonchev–Trinajstić information content (AvgIpc) is 3.18. The number of aromatic nitrogens is 2. The van der Waals surface area contributed by atoms with E-state index in [1.54, 1.807) is 6.08 Å². The lowest BCUT2D eigenvalue weighted by atomic mass is 10.1. The van der Waals surface area contributed by atoms with Crippen molar-refractivity contribution in [1.29, 1.82) is 0 Å². The van der Waals surface area contributed by atoms with Gasteiger partial charge in [0.2, 0.25) is 5.91 Å². The van der Waals surface area contributed by atoms with Gasteiger partial charge in [0.05, 0.1) is 11.7 Å². The zero-order valence-electron chi connectivity index (χ0n) is 16.5.